The lowest BCUT2D eigenvalue weighted by Crippen LogP contribution is -2.12. The highest BCUT2D eigenvalue weighted by atomic mass is 32.1. The van der Waals surface area contributed by atoms with Crippen molar-refractivity contribution < 1.29 is 4.79 Å². The topological polar surface area (TPSA) is 83.6 Å². The van der Waals surface area contributed by atoms with E-state index in [-0.39, 0.29) is 5.91 Å². The summed E-state index contributed by atoms with van der Waals surface area (Å²) in [6.07, 6.45) is 3.27. The number of hydrogen-bond donors (Lipinski definition) is 2. The average molecular weight is 367 g/mol. The van der Waals surface area contributed by atoms with Gasteiger partial charge in [0.15, 0.2) is 5.82 Å². The van der Waals surface area contributed by atoms with Crippen molar-refractivity contribution in [1.82, 2.24) is 20.2 Å². The molecule has 2 aromatic heterocycles. The number of nitrogens with one attached hydrogen (secondary N) is 2. The Morgan fingerprint density at radius 1 is 1.27 bits per heavy atom. The van der Waals surface area contributed by atoms with E-state index in [1.165, 1.54) is 24.2 Å². The summed E-state index contributed by atoms with van der Waals surface area (Å²) in [7, 11) is 0. The molecule has 1 aliphatic carbocycles. The maximum Gasteiger partial charge on any atom is 0.275 e. The van der Waals surface area contributed by atoms with E-state index in [0.717, 1.165) is 28.5 Å². The van der Waals surface area contributed by atoms with Crippen LogP contribution in [0.25, 0.3) is 11.4 Å². The SMILES string of the molecule is CC(C)Cc1nc(C(=O)Nc2ccc(-c3n[nH]c(C4CC4)n3)cc2)cs1. The number of rotatable bonds is 6. The molecule has 1 aromatic carbocycles. The first kappa shape index (κ1) is 16.9. The van der Waals surface area contributed by atoms with Crippen LogP contribution in [0.5, 0.6) is 0 Å². The van der Waals surface area contributed by atoms with Crippen molar-refractivity contribution in [2.75, 3.05) is 5.32 Å². The van der Waals surface area contributed by atoms with Gasteiger partial charge in [0.1, 0.15) is 11.5 Å². The fourth-order valence-electron chi connectivity index (χ4n) is 2.70. The van der Waals surface area contributed by atoms with Crippen molar-refractivity contribution >= 4 is 22.9 Å². The summed E-state index contributed by atoms with van der Waals surface area (Å²) in [4.78, 5) is 21.3. The van der Waals surface area contributed by atoms with Crippen molar-refractivity contribution in [2.24, 2.45) is 5.92 Å². The summed E-state index contributed by atoms with van der Waals surface area (Å²) >= 11 is 1.53. The van der Waals surface area contributed by atoms with Crippen molar-refractivity contribution in [3.63, 3.8) is 0 Å². The van der Waals surface area contributed by atoms with Gasteiger partial charge in [-0.05, 0) is 43.0 Å². The number of aromatic nitrogens is 4. The zero-order valence-electron chi connectivity index (χ0n) is 14.8. The largest absolute Gasteiger partial charge is 0.321 e. The third-order valence-corrected chi connectivity index (χ3v) is 5.11. The first-order valence-corrected chi connectivity index (χ1v) is 9.75. The maximum absolute atomic E-state index is 12.4. The number of anilines is 1. The lowest BCUT2D eigenvalue weighted by Gasteiger charge is -2.04. The third kappa shape index (κ3) is 3.83. The van der Waals surface area contributed by atoms with Crippen LogP contribution in [-0.2, 0) is 6.42 Å². The fraction of sp³-hybridized carbons (Fsp3) is 0.368. The Morgan fingerprint density at radius 2 is 2.04 bits per heavy atom. The van der Waals surface area contributed by atoms with Gasteiger partial charge in [-0.25, -0.2) is 9.97 Å². The summed E-state index contributed by atoms with van der Waals surface area (Å²) < 4.78 is 0. The molecule has 0 unspecified atom stereocenters. The van der Waals surface area contributed by atoms with Crippen molar-refractivity contribution in [3.8, 4) is 11.4 Å². The summed E-state index contributed by atoms with van der Waals surface area (Å²) in [5.41, 5.74) is 2.13. The lowest BCUT2D eigenvalue weighted by molar-refractivity contribution is 0.102. The molecule has 0 bridgehead atoms. The van der Waals surface area contributed by atoms with E-state index < -0.39 is 0 Å². The van der Waals surface area contributed by atoms with Gasteiger partial charge in [0.05, 0.1) is 5.01 Å². The molecule has 0 radical (unpaired) electrons. The van der Waals surface area contributed by atoms with Crippen molar-refractivity contribution in [3.05, 3.63) is 46.2 Å². The number of hydrogen-bond acceptors (Lipinski definition) is 5. The van der Waals surface area contributed by atoms with E-state index in [1.807, 2.05) is 29.6 Å². The van der Waals surface area contributed by atoms with Gasteiger partial charge in [-0.3, -0.25) is 9.89 Å². The van der Waals surface area contributed by atoms with Gasteiger partial charge in [0.2, 0.25) is 0 Å². The number of carbonyl (C=O) groups is 1. The van der Waals surface area contributed by atoms with Gasteiger partial charge in [0, 0.05) is 29.0 Å². The maximum atomic E-state index is 12.4. The Balaban J connectivity index is 1.41. The molecule has 0 saturated heterocycles. The molecule has 26 heavy (non-hydrogen) atoms. The molecule has 134 valence electrons. The van der Waals surface area contributed by atoms with Gasteiger partial charge in [-0.1, -0.05) is 13.8 Å². The molecule has 3 aromatic rings. The predicted octanol–water partition coefficient (Wildman–Crippen LogP) is 4.26. The Morgan fingerprint density at radius 3 is 2.73 bits per heavy atom. The first-order valence-electron chi connectivity index (χ1n) is 8.87. The van der Waals surface area contributed by atoms with Gasteiger partial charge in [-0.2, -0.15) is 5.10 Å². The van der Waals surface area contributed by atoms with E-state index in [2.05, 4.69) is 39.3 Å². The van der Waals surface area contributed by atoms with Gasteiger partial charge >= 0.3 is 0 Å². The second-order valence-corrected chi connectivity index (χ2v) is 8.02. The van der Waals surface area contributed by atoms with E-state index in [1.54, 1.807) is 0 Å². The van der Waals surface area contributed by atoms with Crippen LogP contribution in [0, 0.1) is 5.92 Å². The zero-order valence-corrected chi connectivity index (χ0v) is 15.6. The molecule has 0 spiro atoms. The third-order valence-electron chi connectivity index (χ3n) is 4.23. The number of H-pyrrole nitrogens is 1. The minimum atomic E-state index is -0.182. The van der Waals surface area contributed by atoms with Gasteiger partial charge in [0.25, 0.3) is 5.91 Å². The Labute approximate surface area is 156 Å². The second kappa shape index (κ2) is 6.99. The zero-order chi connectivity index (χ0) is 18.1. The molecule has 0 atom stereocenters. The van der Waals surface area contributed by atoms with Crippen LogP contribution < -0.4 is 5.32 Å². The molecule has 6 nitrogen and oxygen atoms in total. The van der Waals surface area contributed by atoms with Gasteiger partial charge < -0.3 is 5.32 Å². The standard InChI is InChI=1S/C19H21N5OS/c1-11(2)9-16-21-15(10-26-16)19(25)20-14-7-5-13(6-8-14)18-22-17(23-24-18)12-3-4-12/h5-8,10-12H,3-4,9H2,1-2H3,(H,20,25)(H,22,23,24). The molecule has 2 heterocycles. The minimum absolute atomic E-state index is 0.182. The Kier molecular flexibility index (Phi) is 4.55. The van der Waals surface area contributed by atoms with Crippen LogP contribution in [0.1, 0.15) is 53.9 Å². The van der Waals surface area contributed by atoms with E-state index in [9.17, 15) is 4.79 Å². The number of amides is 1. The highest BCUT2D eigenvalue weighted by Crippen LogP contribution is 2.38. The fourth-order valence-corrected chi connectivity index (χ4v) is 3.69. The summed E-state index contributed by atoms with van der Waals surface area (Å²) in [5, 5.41) is 13.0. The summed E-state index contributed by atoms with van der Waals surface area (Å²) in [6, 6.07) is 7.56. The number of nitrogens with zero attached hydrogens (tertiary/aromatic N) is 3. The van der Waals surface area contributed by atoms with Crippen LogP contribution in [0.4, 0.5) is 5.69 Å². The van der Waals surface area contributed by atoms with Crippen molar-refractivity contribution in [2.45, 2.75) is 39.0 Å². The number of carbonyl (C=O) groups excluding carboxylic acids is 1. The van der Waals surface area contributed by atoms with Crippen LogP contribution in [0.3, 0.4) is 0 Å². The monoisotopic (exact) mass is 367 g/mol. The highest BCUT2D eigenvalue weighted by molar-refractivity contribution is 7.09. The summed E-state index contributed by atoms with van der Waals surface area (Å²) in [5.74, 6) is 2.56. The molecule has 7 heteroatoms. The highest BCUT2D eigenvalue weighted by Gasteiger charge is 2.27. The number of thiazole rings is 1. The van der Waals surface area contributed by atoms with Crippen LogP contribution in [0.2, 0.25) is 0 Å². The molecule has 1 aliphatic rings. The molecule has 1 fully saturated rings. The predicted molar refractivity (Wildman–Crippen MR) is 102 cm³/mol. The Bertz CT molecular complexity index is 908. The first-order chi connectivity index (χ1) is 12.6. The van der Waals surface area contributed by atoms with Crippen LogP contribution >= 0.6 is 11.3 Å². The normalized spacial score (nSPS) is 14.0. The van der Waals surface area contributed by atoms with Crippen LogP contribution in [-0.4, -0.2) is 26.1 Å². The molecule has 4 rings (SSSR count). The molecule has 1 amide bonds. The molecule has 1 saturated carbocycles. The molecule has 0 aliphatic heterocycles. The number of benzene rings is 1. The van der Waals surface area contributed by atoms with E-state index in [0.29, 0.717) is 23.4 Å². The smallest absolute Gasteiger partial charge is 0.275 e. The second-order valence-electron chi connectivity index (χ2n) is 7.07. The minimum Gasteiger partial charge on any atom is -0.321 e. The van der Waals surface area contributed by atoms with Crippen molar-refractivity contribution in [1.29, 1.82) is 0 Å². The van der Waals surface area contributed by atoms with E-state index >= 15 is 0 Å². The molecule has 2 N–H and O–H groups in total. The number of aromatic amines is 1. The quantitative estimate of drug-likeness (QED) is 0.682. The average Bonchev–Trinajstić information content (AvgIpc) is 3.16. The van der Waals surface area contributed by atoms with Gasteiger partial charge in [-0.15, -0.1) is 11.3 Å². The summed E-state index contributed by atoms with van der Waals surface area (Å²) in [6.45, 7) is 4.29. The molecular formula is C19H21N5OS. The van der Waals surface area contributed by atoms with E-state index in [4.69, 9.17) is 0 Å². The van der Waals surface area contributed by atoms with Crippen LogP contribution in [0.15, 0.2) is 29.6 Å². The lowest BCUT2D eigenvalue weighted by atomic mass is 10.1. The Hall–Kier alpha value is -2.54. The molecular weight excluding hydrogens is 346 g/mol.